The van der Waals surface area contributed by atoms with E-state index in [1.807, 2.05) is 0 Å². The van der Waals surface area contributed by atoms with E-state index in [-0.39, 0.29) is 0 Å². The highest BCUT2D eigenvalue weighted by atomic mass is 16.6. The zero-order valence-corrected chi connectivity index (χ0v) is 8.48. The number of ether oxygens (including phenoxy) is 1. The van der Waals surface area contributed by atoms with Gasteiger partial charge in [0, 0.05) is 0 Å². The standard InChI is InChI=1S/C9H15NO6/c1-2-5(12)10-6-8(14)7(13)4(3-11)16-9(6)15/h2,4,6-9,11,13-15H,1,3H2,(H,10,12). The number of amides is 1. The number of hydrogen-bond donors (Lipinski definition) is 5. The summed E-state index contributed by atoms with van der Waals surface area (Å²) in [5.74, 6) is -0.610. The van der Waals surface area contributed by atoms with Crippen LogP contribution in [-0.4, -0.2) is 63.6 Å². The van der Waals surface area contributed by atoms with E-state index < -0.39 is 43.2 Å². The molecule has 1 rings (SSSR count). The lowest BCUT2D eigenvalue weighted by atomic mass is 9.97. The smallest absolute Gasteiger partial charge is 0.243 e. The van der Waals surface area contributed by atoms with Gasteiger partial charge in [-0.1, -0.05) is 6.58 Å². The van der Waals surface area contributed by atoms with Crippen LogP contribution in [0, 0.1) is 0 Å². The van der Waals surface area contributed by atoms with E-state index in [4.69, 9.17) is 9.84 Å². The van der Waals surface area contributed by atoms with Gasteiger partial charge in [-0.2, -0.15) is 0 Å². The fourth-order valence-electron chi connectivity index (χ4n) is 1.48. The molecule has 7 heteroatoms. The normalized spacial score (nSPS) is 39.1. The number of rotatable bonds is 3. The topological polar surface area (TPSA) is 119 Å². The molecule has 0 bridgehead atoms. The highest BCUT2D eigenvalue weighted by Gasteiger charge is 2.43. The van der Waals surface area contributed by atoms with Gasteiger partial charge < -0.3 is 30.5 Å². The summed E-state index contributed by atoms with van der Waals surface area (Å²) in [4.78, 5) is 11.0. The first kappa shape index (κ1) is 13.1. The molecule has 7 nitrogen and oxygen atoms in total. The Hall–Kier alpha value is -0.990. The third-order valence-electron chi connectivity index (χ3n) is 2.39. The Morgan fingerprint density at radius 2 is 2.00 bits per heavy atom. The minimum absolute atomic E-state index is 0.544. The molecule has 1 aliphatic rings. The Morgan fingerprint density at radius 3 is 2.50 bits per heavy atom. The lowest BCUT2D eigenvalue weighted by molar-refractivity contribution is -0.253. The molecule has 92 valence electrons. The van der Waals surface area contributed by atoms with Gasteiger partial charge in [0.15, 0.2) is 6.29 Å². The van der Waals surface area contributed by atoms with Crippen LogP contribution in [0.3, 0.4) is 0 Å². The molecule has 0 aromatic rings. The monoisotopic (exact) mass is 233 g/mol. The lowest BCUT2D eigenvalue weighted by Gasteiger charge is -2.40. The van der Waals surface area contributed by atoms with Crippen molar-refractivity contribution in [1.82, 2.24) is 5.32 Å². The zero-order valence-electron chi connectivity index (χ0n) is 8.48. The SMILES string of the molecule is C=CC(=O)NC1C(O)OC(CO)C(O)C1O. The number of aliphatic hydroxyl groups excluding tert-OH is 4. The van der Waals surface area contributed by atoms with Gasteiger partial charge >= 0.3 is 0 Å². The van der Waals surface area contributed by atoms with Crippen LogP contribution in [0.2, 0.25) is 0 Å². The Morgan fingerprint density at radius 1 is 1.38 bits per heavy atom. The molecule has 5 unspecified atom stereocenters. The van der Waals surface area contributed by atoms with Crippen molar-refractivity contribution >= 4 is 5.91 Å². The van der Waals surface area contributed by atoms with Gasteiger partial charge in [-0.05, 0) is 6.08 Å². The van der Waals surface area contributed by atoms with E-state index in [1.165, 1.54) is 0 Å². The van der Waals surface area contributed by atoms with E-state index in [0.717, 1.165) is 6.08 Å². The average molecular weight is 233 g/mol. The molecule has 1 aliphatic heterocycles. The number of carbonyl (C=O) groups excluding carboxylic acids is 1. The number of carbonyl (C=O) groups is 1. The van der Waals surface area contributed by atoms with Crippen LogP contribution in [0.5, 0.6) is 0 Å². The average Bonchev–Trinajstić information content (AvgIpc) is 2.28. The summed E-state index contributed by atoms with van der Waals surface area (Å²) in [6, 6.07) is -1.16. The van der Waals surface area contributed by atoms with Gasteiger partial charge in [-0.25, -0.2) is 0 Å². The van der Waals surface area contributed by atoms with Gasteiger partial charge in [-0.3, -0.25) is 4.79 Å². The Kier molecular flexibility index (Phi) is 4.39. The highest BCUT2D eigenvalue weighted by Crippen LogP contribution is 2.19. The van der Waals surface area contributed by atoms with Crippen LogP contribution in [0.25, 0.3) is 0 Å². The fraction of sp³-hybridized carbons (Fsp3) is 0.667. The molecule has 0 spiro atoms. The van der Waals surface area contributed by atoms with Crippen molar-refractivity contribution in [1.29, 1.82) is 0 Å². The van der Waals surface area contributed by atoms with E-state index >= 15 is 0 Å². The summed E-state index contributed by atoms with van der Waals surface area (Å²) in [6.07, 6.45) is -4.43. The second-order valence-corrected chi connectivity index (χ2v) is 3.47. The third-order valence-corrected chi connectivity index (χ3v) is 2.39. The highest BCUT2D eigenvalue weighted by molar-refractivity contribution is 5.87. The molecule has 16 heavy (non-hydrogen) atoms. The third kappa shape index (κ3) is 2.57. The van der Waals surface area contributed by atoms with Crippen LogP contribution in [-0.2, 0) is 9.53 Å². The molecule has 1 fully saturated rings. The van der Waals surface area contributed by atoms with Crippen LogP contribution in [0.1, 0.15) is 0 Å². The number of aliphatic hydroxyl groups is 4. The first-order valence-electron chi connectivity index (χ1n) is 4.74. The van der Waals surface area contributed by atoms with E-state index in [0.29, 0.717) is 0 Å². The van der Waals surface area contributed by atoms with Crippen molar-refractivity contribution in [3.8, 4) is 0 Å². The van der Waals surface area contributed by atoms with Crippen molar-refractivity contribution in [3.05, 3.63) is 12.7 Å². The van der Waals surface area contributed by atoms with Crippen molar-refractivity contribution in [2.45, 2.75) is 30.6 Å². The van der Waals surface area contributed by atoms with Crippen LogP contribution < -0.4 is 5.32 Å². The predicted octanol–water partition coefficient (Wildman–Crippen LogP) is -2.91. The zero-order chi connectivity index (χ0) is 12.3. The molecule has 0 radical (unpaired) electrons. The van der Waals surface area contributed by atoms with Crippen molar-refractivity contribution in [3.63, 3.8) is 0 Å². The van der Waals surface area contributed by atoms with Crippen molar-refractivity contribution in [2.75, 3.05) is 6.61 Å². The van der Waals surface area contributed by atoms with Gasteiger partial charge in [0.05, 0.1) is 6.61 Å². The van der Waals surface area contributed by atoms with E-state index in [9.17, 15) is 20.1 Å². The summed E-state index contributed by atoms with van der Waals surface area (Å²) >= 11 is 0. The lowest BCUT2D eigenvalue weighted by Crippen LogP contribution is -2.64. The van der Waals surface area contributed by atoms with Gasteiger partial charge in [0.25, 0.3) is 0 Å². The molecule has 0 aromatic heterocycles. The Bertz CT molecular complexity index is 271. The maximum atomic E-state index is 11.0. The summed E-state index contributed by atoms with van der Waals surface area (Å²) < 4.78 is 4.82. The van der Waals surface area contributed by atoms with Crippen LogP contribution in [0.15, 0.2) is 12.7 Å². The first-order chi connectivity index (χ1) is 7.51. The first-order valence-corrected chi connectivity index (χ1v) is 4.74. The molecule has 0 aromatic carbocycles. The molecule has 1 heterocycles. The number of nitrogens with one attached hydrogen (secondary N) is 1. The summed E-state index contributed by atoms with van der Waals surface area (Å²) in [5.41, 5.74) is 0. The van der Waals surface area contributed by atoms with Crippen molar-refractivity contribution < 1.29 is 30.0 Å². The largest absolute Gasteiger partial charge is 0.394 e. The maximum absolute atomic E-state index is 11.0. The quantitative estimate of drug-likeness (QED) is 0.333. The summed E-state index contributed by atoms with van der Waals surface area (Å²) in [5, 5.41) is 39.6. The fourth-order valence-corrected chi connectivity index (χ4v) is 1.48. The molecule has 0 aliphatic carbocycles. The van der Waals surface area contributed by atoms with Crippen LogP contribution >= 0.6 is 0 Å². The minimum Gasteiger partial charge on any atom is -0.394 e. The predicted molar refractivity (Wildman–Crippen MR) is 52.1 cm³/mol. The van der Waals surface area contributed by atoms with Crippen LogP contribution in [0.4, 0.5) is 0 Å². The number of hydrogen-bond acceptors (Lipinski definition) is 6. The van der Waals surface area contributed by atoms with Crippen molar-refractivity contribution in [2.24, 2.45) is 0 Å². The second kappa shape index (κ2) is 5.37. The molecule has 1 saturated heterocycles. The van der Waals surface area contributed by atoms with E-state index in [1.54, 1.807) is 0 Å². The molecule has 1 amide bonds. The van der Waals surface area contributed by atoms with E-state index in [2.05, 4.69) is 11.9 Å². The van der Waals surface area contributed by atoms with Gasteiger partial charge in [0.1, 0.15) is 24.4 Å². The molecular weight excluding hydrogens is 218 g/mol. The Balaban J connectivity index is 2.71. The van der Waals surface area contributed by atoms with Gasteiger partial charge in [0.2, 0.25) is 5.91 Å². The minimum atomic E-state index is -1.50. The second-order valence-electron chi connectivity index (χ2n) is 3.47. The summed E-state index contributed by atoms with van der Waals surface area (Å²) in [6.45, 7) is 2.66. The van der Waals surface area contributed by atoms with Gasteiger partial charge in [-0.15, -0.1) is 0 Å². The summed E-state index contributed by atoms with van der Waals surface area (Å²) in [7, 11) is 0. The molecular formula is C9H15NO6. The molecule has 5 N–H and O–H groups in total. The Labute approximate surface area is 92.0 Å². The molecule has 5 atom stereocenters. The maximum Gasteiger partial charge on any atom is 0.243 e. The molecule has 0 saturated carbocycles.